The smallest absolute Gasteiger partial charge is 0.323 e. The number of ether oxygens (including phenoxy) is 1. The van der Waals surface area contributed by atoms with E-state index in [4.69, 9.17) is 4.74 Å². The first-order valence-corrected chi connectivity index (χ1v) is 7.08. The molecular weight excluding hydrogens is 238 g/mol. The molecule has 0 aliphatic heterocycles. The van der Waals surface area contributed by atoms with E-state index in [1.807, 2.05) is 6.07 Å². The van der Waals surface area contributed by atoms with Gasteiger partial charge in [0.05, 0.1) is 7.11 Å². The van der Waals surface area contributed by atoms with Crippen LogP contribution in [0.5, 0.6) is 0 Å². The molecule has 1 aromatic rings. The summed E-state index contributed by atoms with van der Waals surface area (Å²) in [7, 11) is 1.46. The monoisotopic (exact) mass is 261 g/mol. The van der Waals surface area contributed by atoms with Crippen LogP contribution < -0.4 is 5.32 Å². The van der Waals surface area contributed by atoms with Gasteiger partial charge in [0, 0.05) is 0 Å². The van der Waals surface area contributed by atoms with Crippen LogP contribution in [0.4, 0.5) is 0 Å². The largest absolute Gasteiger partial charge is 0.468 e. The molecule has 3 nitrogen and oxygen atoms in total. The Morgan fingerprint density at radius 2 is 2.05 bits per heavy atom. The Morgan fingerprint density at radius 1 is 1.37 bits per heavy atom. The van der Waals surface area contributed by atoms with Gasteiger partial charge in [0.2, 0.25) is 0 Å². The van der Waals surface area contributed by atoms with Gasteiger partial charge in [-0.05, 0) is 43.2 Å². The summed E-state index contributed by atoms with van der Waals surface area (Å²) in [5, 5.41) is 3.36. The standard InChI is InChI=1S/C16H23NO2/c1-12(13-6-4-3-5-7-13)10-11-17-15(14-8-9-14)16(18)19-2/h3-7,12,14-15,17H,8-11H2,1-2H3. The third-order valence-electron chi connectivity index (χ3n) is 3.86. The zero-order valence-electron chi connectivity index (χ0n) is 11.8. The average Bonchev–Trinajstić information content (AvgIpc) is 3.28. The zero-order valence-corrected chi connectivity index (χ0v) is 11.8. The molecule has 1 fully saturated rings. The van der Waals surface area contributed by atoms with Gasteiger partial charge in [-0.25, -0.2) is 0 Å². The molecule has 1 N–H and O–H groups in total. The quantitative estimate of drug-likeness (QED) is 0.767. The second kappa shape index (κ2) is 6.71. The highest BCUT2D eigenvalue weighted by molar-refractivity contribution is 5.76. The minimum Gasteiger partial charge on any atom is -0.468 e. The molecule has 0 amide bonds. The Bertz CT molecular complexity index is 400. The lowest BCUT2D eigenvalue weighted by Crippen LogP contribution is -2.40. The average molecular weight is 261 g/mol. The molecule has 0 saturated heterocycles. The third kappa shape index (κ3) is 4.06. The number of benzene rings is 1. The third-order valence-corrected chi connectivity index (χ3v) is 3.86. The molecule has 0 heterocycles. The summed E-state index contributed by atoms with van der Waals surface area (Å²) in [5.41, 5.74) is 1.35. The van der Waals surface area contributed by atoms with Crippen molar-refractivity contribution in [3.63, 3.8) is 0 Å². The number of carbonyl (C=O) groups is 1. The van der Waals surface area contributed by atoms with Gasteiger partial charge in [0.25, 0.3) is 0 Å². The van der Waals surface area contributed by atoms with Crippen LogP contribution in [0.25, 0.3) is 0 Å². The van der Waals surface area contributed by atoms with Crippen LogP contribution in [0.1, 0.15) is 37.7 Å². The summed E-state index contributed by atoms with van der Waals surface area (Å²) in [6, 6.07) is 10.4. The lowest BCUT2D eigenvalue weighted by Gasteiger charge is -2.18. The number of methoxy groups -OCH3 is 1. The van der Waals surface area contributed by atoms with Gasteiger partial charge in [0.15, 0.2) is 0 Å². The number of esters is 1. The van der Waals surface area contributed by atoms with Crippen molar-refractivity contribution in [1.29, 1.82) is 0 Å². The van der Waals surface area contributed by atoms with Gasteiger partial charge >= 0.3 is 5.97 Å². The van der Waals surface area contributed by atoms with Gasteiger partial charge in [0.1, 0.15) is 6.04 Å². The maximum atomic E-state index is 11.7. The molecule has 2 unspecified atom stereocenters. The first-order valence-electron chi connectivity index (χ1n) is 7.08. The van der Waals surface area contributed by atoms with Gasteiger partial charge in [-0.3, -0.25) is 4.79 Å². The van der Waals surface area contributed by atoms with Crippen molar-refractivity contribution in [2.75, 3.05) is 13.7 Å². The van der Waals surface area contributed by atoms with Crippen molar-refractivity contribution in [1.82, 2.24) is 5.32 Å². The maximum absolute atomic E-state index is 11.7. The summed E-state index contributed by atoms with van der Waals surface area (Å²) in [6.07, 6.45) is 3.31. The van der Waals surface area contributed by atoms with Gasteiger partial charge in [-0.2, -0.15) is 0 Å². The van der Waals surface area contributed by atoms with E-state index in [1.165, 1.54) is 12.7 Å². The number of hydrogen-bond acceptors (Lipinski definition) is 3. The SMILES string of the molecule is COC(=O)C(NCCC(C)c1ccccc1)C1CC1. The van der Waals surface area contributed by atoms with Crippen molar-refractivity contribution in [3.8, 4) is 0 Å². The molecule has 3 heteroatoms. The number of hydrogen-bond donors (Lipinski definition) is 1. The summed E-state index contributed by atoms with van der Waals surface area (Å²) >= 11 is 0. The van der Waals surface area contributed by atoms with Gasteiger partial charge in [-0.15, -0.1) is 0 Å². The lowest BCUT2D eigenvalue weighted by atomic mass is 9.98. The first-order chi connectivity index (χ1) is 9.22. The van der Waals surface area contributed by atoms with Crippen LogP contribution in [0.15, 0.2) is 30.3 Å². The fourth-order valence-electron chi connectivity index (χ4n) is 2.40. The Hall–Kier alpha value is -1.35. The Balaban J connectivity index is 1.77. The van der Waals surface area contributed by atoms with Crippen LogP contribution in [-0.2, 0) is 9.53 Å². The molecule has 0 aromatic heterocycles. The summed E-state index contributed by atoms with van der Waals surface area (Å²) < 4.78 is 4.85. The molecule has 19 heavy (non-hydrogen) atoms. The molecule has 1 saturated carbocycles. The maximum Gasteiger partial charge on any atom is 0.323 e. The Morgan fingerprint density at radius 3 is 2.63 bits per heavy atom. The first kappa shape index (κ1) is 14.1. The number of rotatable bonds is 7. The zero-order chi connectivity index (χ0) is 13.7. The highest BCUT2D eigenvalue weighted by Crippen LogP contribution is 2.33. The van der Waals surface area contributed by atoms with E-state index in [0.717, 1.165) is 25.8 Å². The predicted octanol–water partition coefficient (Wildman–Crippen LogP) is 2.72. The Labute approximate surface area is 115 Å². The summed E-state index contributed by atoms with van der Waals surface area (Å²) in [4.78, 5) is 11.7. The molecule has 0 radical (unpaired) electrons. The van der Waals surface area contributed by atoms with Crippen molar-refractivity contribution in [3.05, 3.63) is 35.9 Å². The van der Waals surface area contributed by atoms with E-state index < -0.39 is 0 Å². The number of nitrogens with one attached hydrogen (secondary N) is 1. The lowest BCUT2D eigenvalue weighted by molar-refractivity contribution is -0.143. The van der Waals surface area contributed by atoms with E-state index >= 15 is 0 Å². The molecule has 2 rings (SSSR count). The highest BCUT2D eigenvalue weighted by atomic mass is 16.5. The van der Waals surface area contributed by atoms with Gasteiger partial charge in [-0.1, -0.05) is 37.3 Å². The topological polar surface area (TPSA) is 38.3 Å². The fourth-order valence-corrected chi connectivity index (χ4v) is 2.40. The second-order valence-electron chi connectivity index (χ2n) is 5.39. The summed E-state index contributed by atoms with van der Waals surface area (Å²) in [5.74, 6) is 0.876. The molecule has 1 aliphatic rings. The van der Waals surface area contributed by atoms with Crippen LogP contribution >= 0.6 is 0 Å². The minimum absolute atomic E-state index is 0.104. The number of carbonyl (C=O) groups excluding carboxylic acids is 1. The van der Waals surface area contributed by atoms with E-state index in [2.05, 4.69) is 36.5 Å². The highest BCUT2D eigenvalue weighted by Gasteiger charge is 2.36. The molecule has 1 aliphatic carbocycles. The van der Waals surface area contributed by atoms with Crippen LogP contribution in [0.3, 0.4) is 0 Å². The molecule has 1 aromatic carbocycles. The van der Waals surface area contributed by atoms with Crippen LogP contribution in [-0.4, -0.2) is 25.7 Å². The van der Waals surface area contributed by atoms with Crippen molar-refractivity contribution in [2.45, 2.75) is 38.1 Å². The van der Waals surface area contributed by atoms with E-state index in [1.54, 1.807) is 0 Å². The Kier molecular flexibility index (Phi) is 4.97. The molecule has 104 valence electrons. The normalized spacial score (nSPS) is 17.8. The summed E-state index contributed by atoms with van der Waals surface area (Å²) in [6.45, 7) is 3.08. The van der Waals surface area contributed by atoms with Crippen molar-refractivity contribution in [2.24, 2.45) is 5.92 Å². The fraction of sp³-hybridized carbons (Fsp3) is 0.562. The molecule has 0 spiro atoms. The van der Waals surface area contributed by atoms with Crippen LogP contribution in [0.2, 0.25) is 0 Å². The van der Waals surface area contributed by atoms with Crippen LogP contribution in [0, 0.1) is 5.92 Å². The molecule has 0 bridgehead atoms. The second-order valence-corrected chi connectivity index (χ2v) is 5.39. The molecular formula is C16H23NO2. The van der Waals surface area contributed by atoms with Gasteiger partial charge < -0.3 is 10.1 Å². The van der Waals surface area contributed by atoms with E-state index in [0.29, 0.717) is 11.8 Å². The minimum atomic E-state index is -0.116. The predicted molar refractivity (Wildman–Crippen MR) is 76.0 cm³/mol. The molecule has 2 atom stereocenters. The van der Waals surface area contributed by atoms with E-state index in [9.17, 15) is 4.79 Å². The van der Waals surface area contributed by atoms with E-state index in [-0.39, 0.29) is 12.0 Å². The van der Waals surface area contributed by atoms with Crippen molar-refractivity contribution < 1.29 is 9.53 Å². The van der Waals surface area contributed by atoms with Crippen molar-refractivity contribution >= 4 is 5.97 Å².